The topological polar surface area (TPSA) is 62.2 Å². The molecule has 0 aliphatic carbocycles. The van der Waals surface area contributed by atoms with Crippen LogP contribution in [0.25, 0.3) is 22.0 Å². The molecule has 1 amide bonds. The van der Waals surface area contributed by atoms with Crippen LogP contribution in [0.15, 0.2) is 79.6 Å². The number of benzene rings is 2. The molecule has 0 saturated carbocycles. The average molecular weight is 438 g/mol. The summed E-state index contributed by atoms with van der Waals surface area (Å²) in [6, 6.07) is 18.5. The number of nitrogens with zero attached hydrogens (tertiary/aromatic N) is 3. The van der Waals surface area contributed by atoms with Gasteiger partial charge in [0.15, 0.2) is 0 Å². The van der Waals surface area contributed by atoms with Crippen LogP contribution < -0.4 is 15.5 Å². The van der Waals surface area contributed by atoms with Crippen LogP contribution in [0.4, 0.5) is 22.9 Å². The lowest BCUT2D eigenvalue weighted by molar-refractivity contribution is -0.111. The highest BCUT2D eigenvalue weighted by molar-refractivity contribution is 6.02. The van der Waals surface area contributed by atoms with Crippen molar-refractivity contribution >= 4 is 39.7 Å². The van der Waals surface area contributed by atoms with E-state index in [0.29, 0.717) is 0 Å². The van der Waals surface area contributed by atoms with E-state index in [1.807, 2.05) is 24.4 Å². The number of rotatable bonds is 6. The van der Waals surface area contributed by atoms with E-state index in [1.54, 1.807) is 0 Å². The lowest BCUT2D eigenvalue weighted by Gasteiger charge is -2.22. The molecule has 1 fully saturated rings. The Morgan fingerprint density at radius 1 is 1.09 bits per heavy atom. The van der Waals surface area contributed by atoms with E-state index in [1.165, 1.54) is 35.4 Å². The Kier molecular flexibility index (Phi) is 5.57. The summed E-state index contributed by atoms with van der Waals surface area (Å²) in [6.07, 6.45) is 7.60. The second-order valence-electron chi connectivity index (χ2n) is 8.35. The van der Waals surface area contributed by atoms with E-state index in [9.17, 15) is 4.79 Å². The predicted octanol–water partition coefficient (Wildman–Crippen LogP) is 5.71. The third-order valence-electron chi connectivity index (χ3n) is 6.13. The highest BCUT2D eigenvalue weighted by Crippen LogP contribution is 2.34. The standard InChI is InChI=1S/C27H27N5O/c1-3-27(33)30-23-17-20(10-11-25(23)32-14-6-7-15-32)29-26-16-19(12-13-28-26)22-18-31(2)24-9-5-4-8-21(22)24/h3-5,8-13,16-18H,1,6-7,14-15H2,2H3,(H,28,29)(H,30,33). The molecule has 0 bridgehead atoms. The molecule has 1 saturated heterocycles. The largest absolute Gasteiger partial charge is 0.370 e. The van der Waals surface area contributed by atoms with Crippen LogP contribution in [-0.4, -0.2) is 28.5 Å². The number of pyridine rings is 1. The van der Waals surface area contributed by atoms with Gasteiger partial charge in [-0.25, -0.2) is 4.98 Å². The number of hydrogen-bond acceptors (Lipinski definition) is 4. The van der Waals surface area contributed by atoms with Gasteiger partial charge in [-0.1, -0.05) is 24.8 Å². The van der Waals surface area contributed by atoms with Crippen LogP contribution in [0.1, 0.15) is 12.8 Å². The highest BCUT2D eigenvalue weighted by atomic mass is 16.1. The van der Waals surface area contributed by atoms with Crippen molar-refractivity contribution in [2.24, 2.45) is 7.05 Å². The summed E-state index contributed by atoms with van der Waals surface area (Å²) in [5.74, 6) is 0.527. The van der Waals surface area contributed by atoms with Crippen molar-refractivity contribution in [2.75, 3.05) is 28.6 Å². The van der Waals surface area contributed by atoms with Gasteiger partial charge in [0.1, 0.15) is 5.82 Å². The van der Waals surface area contributed by atoms with Crippen LogP contribution in [0.3, 0.4) is 0 Å². The molecule has 6 nitrogen and oxygen atoms in total. The molecule has 0 unspecified atom stereocenters. The summed E-state index contributed by atoms with van der Waals surface area (Å²) in [5.41, 5.74) is 6.13. The maximum absolute atomic E-state index is 12.0. The zero-order valence-corrected chi connectivity index (χ0v) is 18.7. The van der Waals surface area contributed by atoms with Crippen LogP contribution >= 0.6 is 0 Å². The first kappa shape index (κ1) is 20.8. The fourth-order valence-corrected chi connectivity index (χ4v) is 4.52. The number of aryl methyl sites for hydroxylation is 1. The molecule has 0 atom stereocenters. The number of nitrogens with one attached hydrogen (secondary N) is 2. The molecule has 1 aliphatic heterocycles. The molecule has 33 heavy (non-hydrogen) atoms. The minimum atomic E-state index is -0.219. The minimum Gasteiger partial charge on any atom is -0.370 e. The monoisotopic (exact) mass is 437 g/mol. The third kappa shape index (κ3) is 4.20. The normalized spacial score (nSPS) is 13.3. The Balaban J connectivity index is 1.46. The van der Waals surface area contributed by atoms with E-state index in [0.717, 1.165) is 41.5 Å². The second-order valence-corrected chi connectivity index (χ2v) is 8.35. The molecule has 2 N–H and O–H groups in total. The van der Waals surface area contributed by atoms with Gasteiger partial charge in [-0.15, -0.1) is 0 Å². The van der Waals surface area contributed by atoms with Crippen molar-refractivity contribution in [3.63, 3.8) is 0 Å². The molecule has 2 aromatic carbocycles. The first-order valence-electron chi connectivity index (χ1n) is 11.2. The first-order chi connectivity index (χ1) is 16.1. The van der Waals surface area contributed by atoms with Crippen molar-refractivity contribution in [2.45, 2.75) is 12.8 Å². The molecule has 0 spiro atoms. The molecular weight excluding hydrogens is 410 g/mol. The lowest BCUT2D eigenvalue weighted by atomic mass is 10.1. The van der Waals surface area contributed by atoms with Gasteiger partial charge in [0.2, 0.25) is 5.91 Å². The van der Waals surface area contributed by atoms with Crippen LogP contribution in [-0.2, 0) is 11.8 Å². The van der Waals surface area contributed by atoms with Gasteiger partial charge in [0.05, 0.1) is 11.4 Å². The van der Waals surface area contributed by atoms with Crippen LogP contribution in [0.2, 0.25) is 0 Å². The maximum Gasteiger partial charge on any atom is 0.247 e. The fraction of sp³-hybridized carbons (Fsp3) is 0.185. The SMILES string of the molecule is C=CC(=O)Nc1cc(Nc2cc(-c3cn(C)c4ccccc34)ccn2)ccc1N1CCCC1. The van der Waals surface area contributed by atoms with Gasteiger partial charge in [0, 0.05) is 54.7 Å². The number of amides is 1. The van der Waals surface area contributed by atoms with Gasteiger partial charge in [-0.2, -0.15) is 0 Å². The Morgan fingerprint density at radius 2 is 1.91 bits per heavy atom. The molecule has 6 heteroatoms. The predicted molar refractivity (Wildman–Crippen MR) is 136 cm³/mol. The second kappa shape index (κ2) is 8.82. The van der Waals surface area contributed by atoms with Gasteiger partial charge in [-0.3, -0.25) is 4.79 Å². The molecule has 166 valence electrons. The van der Waals surface area contributed by atoms with Crippen molar-refractivity contribution in [1.29, 1.82) is 0 Å². The maximum atomic E-state index is 12.0. The third-order valence-corrected chi connectivity index (χ3v) is 6.13. The van der Waals surface area contributed by atoms with E-state index < -0.39 is 0 Å². The number of hydrogen-bond donors (Lipinski definition) is 2. The zero-order valence-electron chi connectivity index (χ0n) is 18.7. The van der Waals surface area contributed by atoms with E-state index >= 15 is 0 Å². The van der Waals surface area contributed by atoms with Crippen molar-refractivity contribution in [3.8, 4) is 11.1 Å². The molecule has 3 heterocycles. The number of para-hydroxylation sites is 1. The minimum absolute atomic E-state index is 0.219. The van der Waals surface area contributed by atoms with Crippen LogP contribution in [0.5, 0.6) is 0 Å². The zero-order chi connectivity index (χ0) is 22.8. The Labute approximate surface area is 193 Å². The molecule has 0 radical (unpaired) electrons. The fourth-order valence-electron chi connectivity index (χ4n) is 4.52. The molecule has 2 aromatic heterocycles. The van der Waals surface area contributed by atoms with E-state index in [2.05, 4.69) is 81.3 Å². The number of aromatic nitrogens is 2. The summed E-state index contributed by atoms with van der Waals surface area (Å²) in [5, 5.41) is 7.58. The molecule has 5 rings (SSSR count). The van der Waals surface area contributed by atoms with Crippen molar-refractivity contribution in [3.05, 3.63) is 79.6 Å². The number of carbonyl (C=O) groups is 1. The van der Waals surface area contributed by atoms with E-state index in [4.69, 9.17) is 0 Å². The van der Waals surface area contributed by atoms with Crippen molar-refractivity contribution in [1.82, 2.24) is 9.55 Å². The lowest BCUT2D eigenvalue weighted by Crippen LogP contribution is -2.20. The Morgan fingerprint density at radius 3 is 2.73 bits per heavy atom. The van der Waals surface area contributed by atoms with E-state index in [-0.39, 0.29) is 5.91 Å². The summed E-state index contributed by atoms with van der Waals surface area (Å²) < 4.78 is 2.14. The Bertz CT molecular complexity index is 1330. The first-order valence-corrected chi connectivity index (χ1v) is 11.2. The van der Waals surface area contributed by atoms with Gasteiger partial charge in [0.25, 0.3) is 0 Å². The summed E-state index contributed by atoms with van der Waals surface area (Å²) >= 11 is 0. The molecule has 4 aromatic rings. The summed E-state index contributed by atoms with van der Waals surface area (Å²) in [7, 11) is 2.06. The van der Waals surface area contributed by atoms with Gasteiger partial charge < -0.3 is 20.1 Å². The Hall–Kier alpha value is -4.06. The summed E-state index contributed by atoms with van der Waals surface area (Å²) in [4.78, 5) is 18.9. The average Bonchev–Trinajstić information content (AvgIpc) is 3.48. The molecule has 1 aliphatic rings. The highest BCUT2D eigenvalue weighted by Gasteiger charge is 2.17. The van der Waals surface area contributed by atoms with Gasteiger partial charge in [-0.05, 0) is 60.9 Å². The molecular formula is C27H27N5O. The number of carbonyl (C=O) groups excluding carboxylic acids is 1. The summed E-state index contributed by atoms with van der Waals surface area (Å²) in [6.45, 7) is 5.58. The van der Waals surface area contributed by atoms with Crippen LogP contribution in [0, 0.1) is 0 Å². The van der Waals surface area contributed by atoms with Crippen molar-refractivity contribution < 1.29 is 4.79 Å². The smallest absolute Gasteiger partial charge is 0.247 e. The number of fused-ring (bicyclic) bond motifs is 1. The van der Waals surface area contributed by atoms with Gasteiger partial charge >= 0.3 is 0 Å². The quantitative estimate of drug-likeness (QED) is 0.379. The number of anilines is 4.